The molecule has 8 nitrogen and oxygen atoms in total. The number of nitrogen functional groups attached to an aromatic ring is 1. The van der Waals surface area contributed by atoms with Crippen LogP contribution in [0.2, 0.25) is 0 Å². The Hall–Kier alpha value is -6.72. The van der Waals surface area contributed by atoms with Crippen LogP contribution in [0.25, 0.3) is 78.5 Å². The van der Waals surface area contributed by atoms with E-state index in [0.717, 1.165) is 44.3 Å². The Morgan fingerprint density at radius 3 is 1.63 bits per heavy atom. The van der Waals surface area contributed by atoms with E-state index in [-0.39, 0.29) is 11.6 Å². The van der Waals surface area contributed by atoms with Crippen LogP contribution >= 0.6 is 0 Å². The van der Waals surface area contributed by atoms with Crippen LogP contribution in [0.3, 0.4) is 0 Å². The molecule has 5 aromatic carbocycles. The van der Waals surface area contributed by atoms with Crippen LogP contribution in [0.5, 0.6) is 0 Å². The summed E-state index contributed by atoms with van der Waals surface area (Å²) in [6.45, 7) is 0. The molecule has 0 aliphatic rings. The fraction of sp³-hybridized carbons (Fsp3) is 0. The maximum absolute atomic E-state index is 9.47. The van der Waals surface area contributed by atoms with Crippen LogP contribution in [0.1, 0.15) is 5.69 Å². The fourth-order valence-corrected chi connectivity index (χ4v) is 5.55. The van der Waals surface area contributed by atoms with E-state index in [0.29, 0.717) is 34.2 Å². The Labute approximate surface area is 263 Å². The summed E-state index contributed by atoms with van der Waals surface area (Å²) < 4.78 is 5.89. The Balaban J connectivity index is 1.15. The molecule has 3 aromatic heterocycles. The summed E-state index contributed by atoms with van der Waals surface area (Å²) in [7, 11) is 0. The number of hydrogen-bond acceptors (Lipinski definition) is 8. The number of rotatable bonds is 5. The Kier molecular flexibility index (Phi) is 6.48. The monoisotopic (exact) mass is 593 g/mol. The number of anilines is 1. The molecule has 216 valence electrons. The molecule has 46 heavy (non-hydrogen) atoms. The van der Waals surface area contributed by atoms with Gasteiger partial charge < -0.3 is 10.2 Å². The van der Waals surface area contributed by atoms with Crippen molar-refractivity contribution in [3.05, 3.63) is 133 Å². The Bertz CT molecular complexity index is 2370. The lowest BCUT2D eigenvalue weighted by atomic mass is 9.98. The Morgan fingerprint density at radius 2 is 1.02 bits per heavy atom. The van der Waals surface area contributed by atoms with Gasteiger partial charge in [-0.1, -0.05) is 109 Å². The first-order valence-corrected chi connectivity index (χ1v) is 14.6. The first-order chi connectivity index (χ1) is 22.6. The topological polar surface area (TPSA) is 127 Å². The minimum atomic E-state index is 0.0356. The van der Waals surface area contributed by atoms with Gasteiger partial charge in [-0.15, -0.1) is 0 Å². The van der Waals surface area contributed by atoms with Gasteiger partial charge in [-0.2, -0.15) is 10.2 Å². The van der Waals surface area contributed by atoms with Crippen molar-refractivity contribution < 1.29 is 4.42 Å². The molecule has 0 atom stereocenters. The number of aromatic nitrogens is 5. The van der Waals surface area contributed by atoms with Gasteiger partial charge >= 0.3 is 0 Å². The molecular formula is C38H23N7O. The van der Waals surface area contributed by atoms with E-state index >= 15 is 0 Å². The largest absolute Gasteiger partial charge is 0.451 e. The van der Waals surface area contributed by atoms with Gasteiger partial charge in [0.25, 0.3) is 0 Å². The second-order valence-corrected chi connectivity index (χ2v) is 10.7. The zero-order valence-corrected chi connectivity index (χ0v) is 24.3. The van der Waals surface area contributed by atoms with Gasteiger partial charge in [0.15, 0.2) is 28.8 Å². The molecule has 8 aromatic rings. The van der Waals surface area contributed by atoms with Crippen LogP contribution < -0.4 is 5.73 Å². The number of benzene rings is 5. The molecule has 0 aliphatic carbocycles. The number of nitriles is 1. The molecule has 0 radical (unpaired) electrons. The molecule has 8 rings (SSSR count). The normalized spacial score (nSPS) is 11.1. The molecule has 0 saturated carbocycles. The predicted octanol–water partition coefficient (Wildman–Crippen LogP) is 8.35. The quantitative estimate of drug-likeness (QED) is 0.211. The number of hydrogen-bond donors (Lipinski definition) is 1. The standard InChI is InChI=1S/C38H23N7O/c39-22-31-34-33(42-38(40)41-31)30-21-28(18-19-32(30)46-34)24-16-14-23(15-17-24)27-12-7-13-29(20-27)37-44-35(25-8-3-1-4-9-25)43-36(45-37)26-10-5-2-6-11-26/h1-21H,(H2,40,41,42). The van der Waals surface area contributed by atoms with E-state index in [1.54, 1.807) is 0 Å². The summed E-state index contributed by atoms with van der Waals surface area (Å²) >= 11 is 0. The third-order valence-electron chi connectivity index (χ3n) is 7.81. The van der Waals surface area contributed by atoms with Crippen molar-refractivity contribution in [2.45, 2.75) is 0 Å². The first kappa shape index (κ1) is 26.9. The highest BCUT2D eigenvalue weighted by molar-refractivity contribution is 6.05. The van der Waals surface area contributed by atoms with Crippen LogP contribution in [0, 0.1) is 11.3 Å². The summed E-state index contributed by atoms with van der Waals surface area (Å²) in [6.07, 6.45) is 0. The molecule has 0 fully saturated rings. The zero-order valence-electron chi connectivity index (χ0n) is 24.3. The average molecular weight is 594 g/mol. The van der Waals surface area contributed by atoms with Gasteiger partial charge in [0.05, 0.1) is 0 Å². The predicted molar refractivity (Wildman–Crippen MR) is 179 cm³/mol. The van der Waals surface area contributed by atoms with Crippen molar-refractivity contribution in [1.29, 1.82) is 5.26 Å². The Morgan fingerprint density at radius 1 is 0.500 bits per heavy atom. The van der Waals surface area contributed by atoms with E-state index in [4.69, 9.17) is 25.1 Å². The van der Waals surface area contributed by atoms with Crippen molar-refractivity contribution in [2.24, 2.45) is 0 Å². The second kappa shape index (κ2) is 11.1. The lowest BCUT2D eigenvalue weighted by Gasteiger charge is -2.10. The van der Waals surface area contributed by atoms with Gasteiger partial charge in [0.2, 0.25) is 5.95 Å². The van der Waals surface area contributed by atoms with E-state index < -0.39 is 0 Å². The summed E-state index contributed by atoms with van der Waals surface area (Å²) in [5.74, 6) is 1.89. The minimum absolute atomic E-state index is 0.0356. The molecule has 2 N–H and O–H groups in total. The number of furan rings is 1. The summed E-state index contributed by atoms with van der Waals surface area (Å²) in [5.41, 5.74) is 14.3. The summed E-state index contributed by atoms with van der Waals surface area (Å²) in [5, 5.41) is 10.2. The number of nitrogens with two attached hydrogens (primary N) is 1. The van der Waals surface area contributed by atoms with Crippen molar-refractivity contribution in [2.75, 3.05) is 5.73 Å². The maximum Gasteiger partial charge on any atom is 0.222 e. The highest BCUT2D eigenvalue weighted by atomic mass is 16.3. The SMILES string of the molecule is N#Cc1nc(N)nc2c1oc1ccc(-c3ccc(-c4cccc(-c5nc(-c6ccccc6)nc(-c6ccccc6)n5)c4)cc3)cc12. The van der Waals surface area contributed by atoms with Crippen LogP contribution in [-0.4, -0.2) is 24.9 Å². The number of fused-ring (bicyclic) bond motifs is 3. The first-order valence-electron chi connectivity index (χ1n) is 14.6. The van der Waals surface area contributed by atoms with E-state index in [1.807, 2.05) is 97.1 Å². The zero-order chi connectivity index (χ0) is 31.0. The van der Waals surface area contributed by atoms with E-state index in [2.05, 4.69) is 46.4 Å². The lowest BCUT2D eigenvalue weighted by molar-refractivity contribution is 0.664. The smallest absolute Gasteiger partial charge is 0.222 e. The van der Waals surface area contributed by atoms with Gasteiger partial charge in [-0.05, 0) is 40.5 Å². The third kappa shape index (κ3) is 4.88. The average Bonchev–Trinajstić information content (AvgIpc) is 3.49. The van der Waals surface area contributed by atoms with Crippen molar-refractivity contribution >= 4 is 28.0 Å². The molecule has 8 heteroatoms. The maximum atomic E-state index is 9.47. The number of nitrogens with zero attached hydrogens (tertiary/aromatic N) is 6. The van der Waals surface area contributed by atoms with Gasteiger partial charge in [0.1, 0.15) is 17.2 Å². The van der Waals surface area contributed by atoms with Crippen molar-refractivity contribution in [3.8, 4) is 62.5 Å². The van der Waals surface area contributed by atoms with Gasteiger partial charge in [0, 0.05) is 22.1 Å². The van der Waals surface area contributed by atoms with E-state index in [1.165, 1.54) is 0 Å². The van der Waals surface area contributed by atoms with Crippen molar-refractivity contribution in [3.63, 3.8) is 0 Å². The summed E-state index contributed by atoms with van der Waals surface area (Å²) in [6, 6.07) is 44.4. The summed E-state index contributed by atoms with van der Waals surface area (Å²) in [4.78, 5) is 22.9. The van der Waals surface area contributed by atoms with Gasteiger partial charge in [-0.3, -0.25) is 0 Å². The molecule has 0 amide bonds. The molecule has 0 bridgehead atoms. The highest BCUT2D eigenvalue weighted by Gasteiger charge is 2.16. The lowest BCUT2D eigenvalue weighted by Crippen LogP contribution is -2.00. The van der Waals surface area contributed by atoms with Crippen LogP contribution in [-0.2, 0) is 0 Å². The molecule has 0 spiro atoms. The minimum Gasteiger partial charge on any atom is -0.451 e. The van der Waals surface area contributed by atoms with Gasteiger partial charge in [-0.25, -0.2) is 19.9 Å². The fourth-order valence-electron chi connectivity index (χ4n) is 5.55. The van der Waals surface area contributed by atoms with Crippen LogP contribution in [0.15, 0.2) is 132 Å². The second-order valence-electron chi connectivity index (χ2n) is 10.7. The molecular weight excluding hydrogens is 570 g/mol. The van der Waals surface area contributed by atoms with Crippen molar-refractivity contribution in [1.82, 2.24) is 24.9 Å². The molecule has 0 saturated heterocycles. The molecule has 0 unspecified atom stereocenters. The highest BCUT2D eigenvalue weighted by Crippen LogP contribution is 2.34. The van der Waals surface area contributed by atoms with E-state index in [9.17, 15) is 5.26 Å². The molecule has 3 heterocycles. The molecule has 0 aliphatic heterocycles. The third-order valence-corrected chi connectivity index (χ3v) is 7.81. The van der Waals surface area contributed by atoms with Crippen LogP contribution in [0.4, 0.5) is 5.95 Å².